The van der Waals surface area contributed by atoms with Crippen molar-refractivity contribution in [1.29, 1.82) is 0 Å². The summed E-state index contributed by atoms with van der Waals surface area (Å²) in [4.78, 5) is 11.5. The summed E-state index contributed by atoms with van der Waals surface area (Å²) in [5.74, 6) is -0.459. The molecule has 0 saturated carbocycles. The molecule has 2 aromatic carbocycles. The number of hydrogen-bond donors (Lipinski definition) is 1. The molecule has 194 valence electrons. The lowest BCUT2D eigenvalue weighted by molar-refractivity contribution is 0.0342. The highest BCUT2D eigenvalue weighted by Gasteiger charge is 2.18. The van der Waals surface area contributed by atoms with Crippen LogP contribution < -0.4 is 5.32 Å². The maximum Gasteiger partial charge on any atom is 0.223 e. The average molecular weight is 534 g/mol. The van der Waals surface area contributed by atoms with Gasteiger partial charge in [0.15, 0.2) is 5.82 Å². The maximum absolute atomic E-state index is 14.9. The predicted molar refractivity (Wildman–Crippen MR) is 143 cm³/mol. The second-order valence-electron chi connectivity index (χ2n) is 9.01. The van der Waals surface area contributed by atoms with E-state index in [2.05, 4.69) is 30.5 Å². The normalized spacial score (nSPS) is 14.3. The van der Waals surface area contributed by atoms with Gasteiger partial charge in [0, 0.05) is 37.1 Å². The number of aromatic nitrogens is 5. The van der Waals surface area contributed by atoms with Crippen LogP contribution in [-0.4, -0.2) is 62.7 Å². The van der Waals surface area contributed by atoms with Gasteiger partial charge in [-0.05, 0) is 40.3 Å². The van der Waals surface area contributed by atoms with Crippen LogP contribution in [0.3, 0.4) is 0 Å². The number of rotatable bonds is 8. The van der Waals surface area contributed by atoms with Crippen LogP contribution >= 0.6 is 11.3 Å². The lowest BCUT2D eigenvalue weighted by atomic mass is 9.98. The van der Waals surface area contributed by atoms with E-state index in [0.717, 1.165) is 39.9 Å². The van der Waals surface area contributed by atoms with Gasteiger partial charge in [-0.1, -0.05) is 29.5 Å². The number of nitrogens with zero attached hydrogens (tertiary/aromatic N) is 6. The van der Waals surface area contributed by atoms with E-state index in [9.17, 15) is 8.78 Å². The van der Waals surface area contributed by atoms with Gasteiger partial charge in [-0.3, -0.25) is 9.58 Å². The standard InChI is InChI=1S/C27H25F2N7OS/c28-20-5-4-19(17-35-10-12-37-13-11-35)22(15-20)21-3-1-2-18-14-24(38-26(18)21)25-23(29)16-31-27(33-25)30-6-8-36-9-7-32-34-36/h1-5,7,9,14-16H,6,8,10-13,17H2,(H,30,31,33). The second kappa shape index (κ2) is 10.9. The van der Waals surface area contributed by atoms with Gasteiger partial charge >= 0.3 is 0 Å². The molecule has 1 fully saturated rings. The van der Waals surface area contributed by atoms with Crippen LogP contribution in [0.4, 0.5) is 14.7 Å². The fourth-order valence-electron chi connectivity index (χ4n) is 4.59. The minimum Gasteiger partial charge on any atom is -0.379 e. The molecule has 0 bridgehead atoms. The van der Waals surface area contributed by atoms with Crippen LogP contribution in [-0.2, 0) is 17.8 Å². The minimum absolute atomic E-state index is 0.225. The third-order valence-corrected chi connectivity index (χ3v) is 7.67. The fraction of sp³-hybridized carbons (Fsp3) is 0.259. The average Bonchev–Trinajstić information content (AvgIpc) is 3.61. The number of nitrogens with one attached hydrogen (secondary N) is 1. The van der Waals surface area contributed by atoms with Gasteiger partial charge in [0.25, 0.3) is 0 Å². The van der Waals surface area contributed by atoms with Gasteiger partial charge < -0.3 is 10.1 Å². The second-order valence-corrected chi connectivity index (χ2v) is 10.1. The summed E-state index contributed by atoms with van der Waals surface area (Å²) in [6, 6.07) is 12.8. The van der Waals surface area contributed by atoms with Crippen molar-refractivity contribution in [2.45, 2.75) is 13.1 Å². The minimum atomic E-state index is -0.501. The first-order chi connectivity index (χ1) is 18.6. The number of halogens is 2. The summed E-state index contributed by atoms with van der Waals surface area (Å²) >= 11 is 1.44. The van der Waals surface area contributed by atoms with Crippen molar-refractivity contribution in [2.75, 3.05) is 38.2 Å². The monoisotopic (exact) mass is 533 g/mol. The highest BCUT2D eigenvalue weighted by molar-refractivity contribution is 7.22. The van der Waals surface area contributed by atoms with Crippen LogP contribution in [0, 0.1) is 11.6 Å². The Morgan fingerprint density at radius 3 is 2.79 bits per heavy atom. The van der Waals surface area contributed by atoms with Crippen LogP contribution in [0.5, 0.6) is 0 Å². The third kappa shape index (κ3) is 5.26. The molecule has 0 aliphatic carbocycles. The van der Waals surface area contributed by atoms with E-state index in [0.29, 0.717) is 43.7 Å². The molecule has 1 aliphatic heterocycles. The number of morpholine rings is 1. The van der Waals surface area contributed by atoms with Gasteiger partial charge in [0.1, 0.15) is 11.5 Å². The summed E-state index contributed by atoms with van der Waals surface area (Å²) in [6.45, 7) is 4.86. The number of hydrogen-bond acceptors (Lipinski definition) is 8. The molecule has 0 radical (unpaired) electrons. The summed E-state index contributed by atoms with van der Waals surface area (Å²) in [6.07, 6.45) is 4.55. The molecule has 0 atom stereocenters. The topological polar surface area (TPSA) is 81.0 Å². The van der Waals surface area contributed by atoms with Gasteiger partial charge in [0.05, 0.1) is 37.0 Å². The molecule has 0 unspecified atom stereocenters. The van der Waals surface area contributed by atoms with Crippen LogP contribution in [0.15, 0.2) is 61.1 Å². The van der Waals surface area contributed by atoms with Crippen molar-refractivity contribution < 1.29 is 13.5 Å². The molecular formula is C27H25F2N7OS. The van der Waals surface area contributed by atoms with E-state index < -0.39 is 5.82 Å². The fourth-order valence-corrected chi connectivity index (χ4v) is 5.77. The molecule has 38 heavy (non-hydrogen) atoms. The van der Waals surface area contributed by atoms with E-state index in [1.165, 1.54) is 23.6 Å². The van der Waals surface area contributed by atoms with Crippen molar-refractivity contribution >= 4 is 27.4 Å². The third-order valence-electron chi connectivity index (χ3n) is 6.48. The quantitative estimate of drug-likeness (QED) is 0.306. The lowest BCUT2D eigenvalue weighted by Crippen LogP contribution is -2.35. The van der Waals surface area contributed by atoms with Crippen LogP contribution in [0.25, 0.3) is 31.8 Å². The number of fused-ring (bicyclic) bond motifs is 1. The first-order valence-corrected chi connectivity index (χ1v) is 13.2. The largest absolute Gasteiger partial charge is 0.379 e. The van der Waals surface area contributed by atoms with Crippen LogP contribution in [0.1, 0.15) is 5.56 Å². The molecule has 11 heteroatoms. The molecule has 5 aromatic rings. The number of anilines is 1. The van der Waals surface area contributed by atoms with E-state index >= 15 is 0 Å². The number of ether oxygens (including phenoxy) is 1. The first kappa shape index (κ1) is 24.5. The molecule has 1 N–H and O–H groups in total. The summed E-state index contributed by atoms with van der Waals surface area (Å²) in [5, 5.41) is 11.8. The Morgan fingerprint density at radius 1 is 1.05 bits per heavy atom. The number of benzene rings is 2. The molecule has 1 aliphatic rings. The Kier molecular flexibility index (Phi) is 7.04. The van der Waals surface area contributed by atoms with E-state index in [4.69, 9.17) is 4.74 Å². The molecule has 3 aromatic heterocycles. The lowest BCUT2D eigenvalue weighted by Gasteiger charge is -2.27. The Bertz CT molecular complexity index is 1550. The molecule has 1 saturated heterocycles. The highest BCUT2D eigenvalue weighted by atomic mass is 32.1. The van der Waals surface area contributed by atoms with Crippen molar-refractivity contribution in [3.05, 3.63) is 78.3 Å². The molecule has 6 rings (SSSR count). The van der Waals surface area contributed by atoms with Crippen molar-refractivity contribution in [3.8, 4) is 21.7 Å². The van der Waals surface area contributed by atoms with Gasteiger partial charge in [-0.25, -0.2) is 18.7 Å². The Hall–Kier alpha value is -3.80. The van der Waals surface area contributed by atoms with Crippen molar-refractivity contribution in [1.82, 2.24) is 29.9 Å². The zero-order chi connectivity index (χ0) is 25.9. The SMILES string of the molecule is Fc1ccc(CN2CCOCC2)c(-c2cccc3cc(-c4nc(NCCn5ccnn5)ncc4F)sc23)c1. The van der Waals surface area contributed by atoms with Crippen molar-refractivity contribution in [2.24, 2.45) is 0 Å². The summed E-state index contributed by atoms with van der Waals surface area (Å²) < 4.78 is 37.5. The smallest absolute Gasteiger partial charge is 0.223 e. The predicted octanol–water partition coefficient (Wildman–Crippen LogP) is 4.84. The molecule has 0 spiro atoms. The molecule has 8 nitrogen and oxygen atoms in total. The van der Waals surface area contributed by atoms with E-state index in [1.54, 1.807) is 23.1 Å². The maximum atomic E-state index is 14.9. The zero-order valence-corrected chi connectivity index (χ0v) is 21.3. The zero-order valence-electron chi connectivity index (χ0n) is 20.5. The Labute approximate surface area is 221 Å². The van der Waals surface area contributed by atoms with Gasteiger partial charge in [0.2, 0.25) is 5.95 Å². The molecular weight excluding hydrogens is 508 g/mol. The summed E-state index contributed by atoms with van der Waals surface area (Å²) in [7, 11) is 0. The number of thiophene rings is 1. The molecule has 4 heterocycles. The Balaban J connectivity index is 1.32. The van der Waals surface area contributed by atoms with E-state index in [-0.39, 0.29) is 11.5 Å². The van der Waals surface area contributed by atoms with Gasteiger partial charge in [-0.15, -0.1) is 16.4 Å². The van der Waals surface area contributed by atoms with Gasteiger partial charge in [-0.2, -0.15) is 0 Å². The van der Waals surface area contributed by atoms with Crippen molar-refractivity contribution in [3.63, 3.8) is 0 Å². The molecule has 0 amide bonds. The first-order valence-electron chi connectivity index (χ1n) is 12.4. The Morgan fingerprint density at radius 2 is 1.95 bits per heavy atom. The van der Waals surface area contributed by atoms with E-state index in [1.807, 2.05) is 30.3 Å². The van der Waals surface area contributed by atoms with Crippen LogP contribution in [0.2, 0.25) is 0 Å². The highest BCUT2D eigenvalue weighted by Crippen LogP contribution is 2.40. The summed E-state index contributed by atoms with van der Waals surface area (Å²) in [5.41, 5.74) is 3.03.